The lowest BCUT2D eigenvalue weighted by Crippen LogP contribution is -2.49. The van der Waals surface area contributed by atoms with Crippen molar-refractivity contribution in [2.24, 2.45) is 0 Å². The molecule has 4 N–H and O–H groups in total. The Bertz CT molecular complexity index is 1310. The minimum atomic E-state index is -3.64. The standard InChI is InChI=1S/C27H30ClN3O3S/c28-21-8-6-20(7-9-21)27(12-2-13-27)26-25-18-23(10-5-19(25)11-14-30-26)34-16-15-31-35(32,33)24-4-1-3-22(29)17-24/h1,3-10,17-18,26,30-31H,2,11-16,29H2. The maximum Gasteiger partial charge on any atom is 0.240 e. The van der Waals surface area contributed by atoms with E-state index in [0.29, 0.717) is 5.69 Å². The minimum absolute atomic E-state index is 0.0472. The number of benzene rings is 3. The van der Waals surface area contributed by atoms with Crippen molar-refractivity contribution in [1.29, 1.82) is 0 Å². The average molecular weight is 512 g/mol. The Balaban J connectivity index is 1.29. The van der Waals surface area contributed by atoms with Crippen LogP contribution in [-0.4, -0.2) is 28.1 Å². The number of hydrogen-bond acceptors (Lipinski definition) is 5. The van der Waals surface area contributed by atoms with Gasteiger partial charge in [-0.15, -0.1) is 0 Å². The molecule has 184 valence electrons. The van der Waals surface area contributed by atoms with Gasteiger partial charge in [-0.1, -0.05) is 42.3 Å². The lowest BCUT2D eigenvalue weighted by atomic mass is 9.58. The van der Waals surface area contributed by atoms with Crippen LogP contribution in [0.2, 0.25) is 5.02 Å². The number of nitrogens with two attached hydrogens (primary N) is 1. The molecule has 8 heteroatoms. The Labute approximate surface area is 211 Å². The van der Waals surface area contributed by atoms with Crippen LogP contribution in [0.4, 0.5) is 5.69 Å². The molecule has 1 unspecified atom stereocenters. The topological polar surface area (TPSA) is 93.5 Å². The lowest BCUT2D eigenvalue weighted by molar-refractivity contribution is 0.164. The SMILES string of the molecule is Nc1cccc(S(=O)(=O)NCCOc2ccc3c(c2)C(C2(c4ccc(Cl)cc4)CCC2)NCC3)c1. The number of nitrogens with one attached hydrogen (secondary N) is 2. The molecule has 0 aromatic heterocycles. The van der Waals surface area contributed by atoms with Crippen molar-refractivity contribution in [3.63, 3.8) is 0 Å². The lowest BCUT2D eigenvalue weighted by Gasteiger charge is -2.50. The van der Waals surface area contributed by atoms with E-state index in [1.54, 1.807) is 12.1 Å². The molecule has 2 aliphatic rings. The molecule has 35 heavy (non-hydrogen) atoms. The fourth-order valence-corrected chi connectivity index (χ4v) is 6.50. The van der Waals surface area contributed by atoms with Crippen LogP contribution in [0.15, 0.2) is 71.6 Å². The number of anilines is 1. The summed E-state index contributed by atoms with van der Waals surface area (Å²) in [7, 11) is -3.64. The molecule has 0 bridgehead atoms. The van der Waals surface area contributed by atoms with Gasteiger partial charge in [-0.3, -0.25) is 0 Å². The van der Waals surface area contributed by atoms with Gasteiger partial charge in [0.1, 0.15) is 12.4 Å². The third-order valence-electron chi connectivity index (χ3n) is 7.22. The zero-order valence-corrected chi connectivity index (χ0v) is 21.0. The first-order chi connectivity index (χ1) is 16.9. The van der Waals surface area contributed by atoms with Gasteiger partial charge in [0.05, 0.1) is 4.90 Å². The van der Waals surface area contributed by atoms with E-state index in [1.165, 1.54) is 35.2 Å². The molecule has 1 fully saturated rings. The number of ether oxygens (including phenoxy) is 1. The second kappa shape index (κ2) is 9.82. The molecule has 1 saturated carbocycles. The second-order valence-electron chi connectivity index (χ2n) is 9.33. The van der Waals surface area contributed by atoms with Crippen LogP contribution in [-0.2, 0) is 21.9 Å². The fourth-order valence-electron chi connectivity index (χ4n) is 5.31. The van der Waals surface area contributed by atoms with Crippen LogP contribution >= 0.6 is 11.6 Å². The maximum atomic E-state index is 12.5. The fraction of sp³-hybridized carbons (Fsp3) is 0.333. The van der Waals surface area contributed by atoms with Gasteiger partial charge < -0.3 is 15.8 Å². The van der Waals surface area contributed by atoms with Gasteiger partial charge in [0.15, 0.2) is 0 Å². The molecular weight excluding hydrogens is 482 g/mol. The number of rotatable bonds is 8. The molecule has 0 spiro atoms. The number of nitrogen functional groups attached to an aromatic ring is 1. The smallest absolute Gasteiger partial charge is 0.240 e. The summed E-state index contributed by atoms with van der Waals surface area (Å²) in [6.45, 7) is 1.32. The van der Waals surface area contributed by atoms with E-state index in [1.807, 2.05) is 18.2 Å². The summed E-state index contributed by atoms with van der Waals surface area (Å²) in [5.41, 5.74) is 10.1. The van der Waals surface area contributed by atoms with Gasteiger partial charge in [0.25, 0.3) is 0 Å². The van der Waals surface area contributed by atoms with E-state index in [4.69, 9.17) is 22.1 Å². The summed E-state index contributed by atoms with van der Waals surface area (Å²) >= 11 is 6.16. The first-order valence-corrected chi connectivity index (χ1v) is 13.8. The Morgan fingerprint density at radius 3 is 2.60 bits per heavy atom. The van der Waals surface area contributed by atoms with Crippen molar-refractivity contribution in [3.05, 3.63) is 88.4 Å². The summed E-state index contributed by atoms with van der Waals surface area (Å²) in [6.07, 6.45) is 4.44. The van der Waals surface area contributed by atoms with E-state index < -0.39 is 10.0 Å². The van der Waals surface area contributed by atoms with Gasteiger partial charge in [0, 0.05) is 28.7 Å². The molecule has 6 nitrogen and oxygen atoms in total. The highest BCUT2D eigenvalue weighted by atomic mass is 35.5. The van der Waals surface area contributed by atoms with Crippen molar-refractivity contribution in [2.75, 3.05) is 25.4 Å². The summed E-state index contributed by atoms with van der Waals surface area (Å²) in [4.78, 5) is 0.146. The summed E-state index contributed by atoms with van der Waals surface area (Å²) in [5, 5.41) is 4.53. The molecule has 0 saturated heterocycles. The predicted octanol–water partition coefficient (Wildman–Crippen LogP) is 4.59. The number of sulfonamides is 1. The molecule has 0 amide bonds. The zero-order chi connectivity index (χ0) is 24.5. The molecule has 1 aliphatic carbocycles. The highest BCUT2D eigenvalue weighted by Gasteiger charge is 2.47. The first-order valence-electron chi connectivity index (χ1n) is 12.0. The van der Waals surface area contributed by atoms with E-state index in [2.05, 4.69) is 34.3 Å². The van der Waals surface area contributed by atoms with Crippen LogP contribution in [0, 0.1) is 0 Å². The normalized spacial score (nSPS) is 18.9. The minimum Gasteiger partial charge on any atom is -0.492 e. The Kier molecular flexibility index (Phi) is 6.77. The van der Waals surface area contributed by atoms with Gasteiger partial charge >= 0.3 is 0 Å². The van der Waals surface area contributed by atoms with Gasteiger partial charge in [0.2, 0.25) is 10.0 Å². The predicted molar refractivity (Wildman–Crippen MR) is 139 cm³/mol. The number of halogens is 1. The summed E-state index contributed by atoms with van der Waals surface area (Å²) in [5.74, 6) is 0.742. The Morgan fingerprint density at radius 1 is 1.09 bits per heavy atom. The second-order valence-corrected chi connectivity index (χ2v) is 11.5. The quantitative estimate of drug-likeness (QED) is 0.304. The molecule has 1 atom stereocenters. The highest BCUT2D eigenvalue weighted by molar-refractivity contribution is 7.89. The van der Waals surface area contributed by atoms with E-state index in [9.17, 15) is 8.42 Å². The van der Waals surface area contributed by atoms with Crippen molar-refractivity contribution >= 4 is 27.3 Å². The zero-order valence-electron chi connectivity index (χ0n) is 19.5. The molecule has 1 aliphatic heterocycles. The Hall–Kier alpha value is -2.58. The van der Waals surface area contributed by atoms with Crippen LogP contribution < -0.4 is 20.5 Å². The molecule has 1 heterocycles. The third kappa shape index (κ3) is 4.91. The average Bonchev–Trinajstić information content (AvgIpc) is 2.82. The van der Waals surface area contributed by atoms with Gasteiger partial charge in [-0.05, 0) is 85.0 Å². The molecule has 3 aromatic carbocycles. The third-order valence-corrected chi connectivity index (χ3v) is 8.93. The maximum absolute atomic E-state index is 12.5. The molecule has 5 rings (SSSR count). The van der Waals surface area contributed by atoms with Crippen molar-refractivity contribution < 1.29 is 13.2 Å². The summed E-state index contributed by atoms with van der Waals surface area (Å²) in [6, 6.07) is 20.9. The number of hydrogen-bond donors (Lipinski definition) is 3. The van der Waals surface area contributed by atoms with E-state index in [0.717, 1.165) is 36.6 Å². The highest BCUT2D eigenvalue weighted by Crippen LogP contribution is 2.53. The molecular formula is C27H30ClN3O3S. The van der Waals surface area contributed by atoms with E-state index >= 15 is 0 Å². The van der Waals surface area contributed by atoms with Crippen molar-refractivity contribution in [3.8, 4) is 5.75 Å². The van der Waals surface area contributed by atoms with Crippen LogP contribution in [0.1, 0.15) is 42.0 Å². The molecule has 0 radical (unpaired) electrons. The number of fused-ring (bicyclic) bond motifs is 1. The monoisotopic (exact) mass is 511 g/mol. The van der Waals surface area contributed by atoms with E-state index in [-0.39, 0.29) is 29.5 Å². The van der Waals surface area contributed by atoms with Crippen molar-refractivity contribution in [1.82, 2.24) is 10.0 Å². The summed E-state index contributed by atoms with van der Waals surface area (Å²) < 4.78 is 33.5. The van der Waals surface area contributed by atoms with Gasteiger partial charge in [-0.2, -0.15) is 0 Å². The van der Waals surface area contributed by atoms with Crippen LogP contribution in [0.25, 0.3) is 0 Å². The van der Waals surface area contributed by atoms with Gasteiger partial charge in [-0.25, -0.2) is 13.1 Å². The van der Waals surface area contributed by atoms with Crippen molar-refractivity contribution in [2.45, 2.75) is 42.0 Å². The molecule has 3 aromatic rings. The Morgan fingerprint density at radius 2 is 1.89 bits per heavy atom. The van der Waals surface area contributed by atoms with Crippen LogP contribution in [0.5, 0.6) is 5.75 Å². The first kappa shape index (κ1) is 24.1. The largest absolute Gasteiger partial charge is 0.492 e. The van der Waals surface area contributed by atoms with Crippen LogP contribution in [0.3, 0.4) is 0 Å².